The zero-order valence-corrected chi connectivity index (χ0v) is 19.9. The van der Waals surface area contributed by atoms with Crippen molar-refractivity contribution < 1.29 is 9.22 Å². The van der Waals surface area contributed by atoms with Gasteiger partial charge in [-0.2, -0.15) is 0 Å². The van der Waals surface area contributed by atoms with Crippen molar-refractivity contribution in [2.75, 3.05) is 0 Å². The maximum absolute atomic E-state index is 11.8. The molecule has 2 unspecified atom stereocenters. The van der Waals surface area contributed by atoms with E-state index in [2.05, 4.69) is 40.4 Å². The van der Waals surface area contributed by atoms with Gasteiger partial charge >= 0.3 is 0 Å². The monoisotopic (exact) mass is 384 g/mol. The molecule has 0 aromatic carbocycles. The molecule has 2 nitrogen and oxygen atoms in total. The number of carbonyl (C=O) groups is 1. The van der Waals surface area contributed by atoms with Crippen LogP contribution in [0.1, 0.15) is 111 Å². The van der Waals surface area contributed by atoms with Gasteiger partial charge in [0.25, 0.3) is 5.97 Å². The quantitative estimate of drug-likeness (QED) is 0.187. The van der Waals surface area contributed by atoms with Crippen LogP contribution in [0.3, 0.4) is 0 Å². The zero-order valence-electron chi connectivity index (χ0n) is 18.9. The van der Waals surface area contributed by atoms with Gasteiger partial charge in [-0.25, -0.2) is 0 Å². The standard InChI is InChI=1S/C23H48O2Si/c1-7-21(2)17-15-13-11-9-8-10-12-14-16-18-22(3)19-20-23(24)25-26(4,5)6/h21-22H,7-20H2,1-6H3. The van der Waals surface area contributed by atoms with Gasteiger partial charge in [0, 0.05) is 6.42 Å². The molecule has 0 bridgehead atoms. The Hall–Kier alpha value is -0.313. The minimum absolute atomic E-state index is 0.0140. The predicted octanol–water partition coefficient (Wildman–Crippen LogP) is 8.12. The van der Waals surface area contributed by atoms with E-state index in [1.807, 2.05) is 0 Å². The average molecular weight is 385 g/mol. The molecule has 0 fully saturated rings. The number of hydrogen-bond donors (Lipinski definition) is 0. The molecule has 0 aromatic heterocycles. The van der Waals surface area contributed by atoms with Crippen molar-refractivity contribution in [2.24, 2.45) is 11.8 Å². The molecule has 0 radical (unpaired) electrons. The third-order valence-electron chi connectivity index (χ3n) is 5.35. The van der Waals surface area contributed by atoms with Crippen molar-refractivity contribution in [3.05, 3.63) is 0 Å². The molecule has 0 saturated heterocycles. The largest absolute Gasteiger partial charge is 0.520 e. The highest BCUT2D eigenvalue weighted by Gasteiger charge is 2.19. The summed E-state index contributed by atoms with van der Waals surface area (Å²) in [6.07, 6.45) is 18.2. The van der Waals surface area contributed by atoms with E-state index in [0.717, 1.165) is 12.3 Å². The van der Waals surface area contributed by atoms with Crippen LogP contribution in [-0.4, -0.2) is 14.3 Å². The smallest absolute Gasteiger partial charge is 0.292 e. The van der Waals surface area contributed by atoms with Gasteiger partial charge in [0.1, 0.15) is 0 Å². The van der Waals surface area contributed by atoms with Crippen molar-refractivity contribution >= 4 is 14.3 Å². The molecule has 0 aliphatic rings. The molecule has 0 N–H and O–H groups in total. The SMILES string of the molecule is CCC(C)CCCCCCCCCCCC(C)CCC(=O)O[Si](C)(C)C. The lowest BCUT2D eigenvalue weighted by Gasteiger charge is -2.18. The fourth-order valence-electron chi connectivity index (χ4n) is 3.33. The molecular formula is C23H48O2Si. The topological polar surface area (TPSA) is 26.3 Å². The maximum atomic E-state index is 11.8. The number of hydrogen-bond acceptors (Lipinski definition) is 2. The predicted molar refractivity (Wildman–Crippen MR) is 118 cm³/mol. The first-order valence-electron chi connectivity index (χ1n) is 11.5. The lowest BCUT2D eigenvalue weighted by molar-refractivity contribution is -0.135. The summed E-state index contributed by atoms with van der Waals surface area (Å²) in [5.74, 6) is 1.58. The molecule has 0 saturated carbocycles. The lowest BCUT2D eigenvalue weighted by Crippen LogP contribution is -2.29. The molecule has 0 spiro atoms. The third kappa shape index (κ3) is 18.5. The fourth-order valence-corrected chi connectivity index (χ4v) is 4.11. The second-order valence-corrected chi connectivity index (χ2v) is 13.9. The second-order valence-electron chi connectivity index (χ2n) is 9.50. The summed E-state index contributed by atoms with van der Waals surface area (Å²) < 4.78 is 5.51. The van der Waals surface area contributed by atoms with E-state index in [0.29, 0.717) is 12.3 Å². The Balaban J connectivity index is 3.35. The van der Waals surface area contributed by atoms with Crippen molar-refractivity contribution in [1.29, 1.82) is 0 Å². The molecule has 26 heavy (non-hydrogen) atoms. The molecule has 0 heterocycles. The summed E-state index contributed by atoms with van der Waals surface area (Å²) in [5.41, 5.74) is 0. The van der Waals surface area contributed by atoms with Crippen LogP contribution in [0.25, 0.3) is 0 Å². The van der Waals surface area contributed by atoms with E-state index in [4.69, 9.17) is 4.43 Å². The Morgan fingerprint density at radius 1 is 0.731 bits per heavy atom. The molecule has 2 atom stereocenters. The molecule has 156 valence electrons. The van der Waals surface area contributed by atoms with E-state index in [9.17, 15) is 4.79 Å². The van der Waals surface area contributed by atoms with Crippen LogP contribution >= 0.6 is 0 Å². The van der Waals surface area contributed by atoms with Crippen LogP contribution < -0.4 is 0 Å². The summed E-state index contributed by atoms with van der Waals surface area (Å²) in [6, 6.07) is 0. The van der Waals surface area contributed by atoms with Crippen molar-refractivity contribution in [3.8, 4) is 0 Å². The summed E-state index contributed by atoms with van der Waals surface area (Å²) in [4.78, 5) is 11.8. The zero-order chi connectivity index (χ0) is 19.8. The molecular weight excluding hydrogens is 336 g/mol. The molecule has 0 aliphatic carbocycles. The van der Waals surface area contributed by atoms with Gasteiger partial charge in [0.15, 0.2) is 0 Å². The highest BCUT2D eigenvalue weighted by Crippen LogP contribution is 2.18. The highest BCUT2D eigenvalue weighted by atomic mass is 28.4. The Morgan fingerprint density at radius 3 is 1.58 bits per heavy atom. The van der Waals surface area contributed by atoms with E-state index >= 15 is 0 Å². The average Bonchev–Trinajstić information content (AvgIpc) is 2.56. The molecule has 0 amide bonds. The van der Waals surface area contributed by atoms with E-state index in [1.54, 1.807) is 0 Å². The number of carbonyl (C=O) groups excluding carboxylic acids is 1. The van der Waals surface area contributed by atoms with Crippen LogP contribution in [0.4, 0.5) is 0 Å². The van der Waals surface area contributed by atoms with Gasteiger partial charge in [-0.05, 0) is 37.9 Å². The van der Waals surface area contributed by atoms with Crippen molar-refractivity contribution in [2.45, 2.75) is 130 Å². The summed E-state index contributed by atoms with van der Waals surface area (Å²) >= 11 is 0. The maximum Gasteiger partial charge on any atom is 0.292 e. The molecule has 0 aromatic rings. The molecule has 0 rings (SSSR count). The first-order valence-corrected chi connectivity index (χ1v) is 14.9. The number of unbranched alkanes of at least 4 members (excludes halogenated alkanes) is 8. The van der Waals surface area contributed by atoms with Crippen LogP contribution in [0.5, 0.6) is 0 Å². The Morgan fingerprint density at radius 2 is 1.15 bits per heavy atom. The second kappa shape index (κ2) is 15.7. The van der Waals surface area contributed by atoms with Gasteiger partial charge in [-0.1, -0.05) is 97.8 Å². The van der Waals surface area contributed by atoms with Crippen LogP contribution in [0.15, 0.2) is 0 Å². The van der Waals surface area contributed by atoms with Gasteiger partial charge in [-0.15, -0.1) is 0 Å². The van der Waals surface area contributed by atoms with Crippen molar-refractivity contribution in [1.82, 2.24) is 0 Å². The van der Waals surface area contributed by atoms with Crippen molar-refractivity contribution in [3.63, 3.8) is 0 Å². The first kappa shape index (κ1) is 25.7. The lowest BCUT2D eigenvalue weighted by atomic mass is 9.97. The van der Waals surface area contributed by atoms with Gasteiger partial charge in [0.2, 0.25) is 8.32 Å². The van der Waals surface area contributed by atoms with E-state index < -0.39 is 8.32 Å². The first-order chi connectivity index (χ1) is 12.2. The summed E-state index contributed by atoms with van der Waals surface area (Å²) in [6.45, 7) is 13.2. The Labute approximate surface area is 166 Å². The minimum atomic E-state index is -1.70. The minimum Gasteiger partial charge on any atom is -0.520 e. The van der Waals surface area contributed by atoms with Gasteiger partial charge in [0.05, 0.1) is 0 Å². The number of rotatable bonds is 17. The summed E-state index contributed by atoms with van der Waals surface area (Å²) in [7, 11) is -1.70. The van der Waals surface area contributed by atoms with Gasteiger partial charge < -0.3 is 4.43 Å². The third-order valence-corrected chi connectivity index (χ3v) is 6.19. The molecule has 3 heteroatoms. The van der Waals surface area contributed by atoms with E-state index in [1.165, 1.54) is 77.0 Å². The van der Waals surface area contributed by atoms with Gasteiger partial charge in [-0.3, -0.25) is 4.79 Å². The Bertz CT molecular complexity index is 336. The fraction of sp³-hybridized carbons (Fsp3) is 0.957. The highest BCUT2D eigenvalue weighted by molar-refractivity contribution is 6.71. The molecule has 0 aliphatic heterocycles. The van der Waals surface area contributed by atoms with Crippen LogP contribution in [-0.2, 0) is 9.22 Å². The van der Waals surface area contributed by atoms with E-state index in [-0.39, 0.29) is 5.97 Å². The van der Waals surface area contributed by atoms with Crippen LogP contribution in [0.2, 0.25) is 19.6 Å². The summed E-state index contributed by atoms with van der Waals surface area (Å²) in [5, 5.41) is 0. The van der Waals surface area contributed by atoms with Crippen LogP contribution in [0, 0.1) is 11.8 Å². The normalized spacial score (nSPS) is 14.2. The Kier molecular flexibility index (Phi) is 15.5.